The summed E-state index contributed by atoms with van der Waals surface area (Å²) in [6.07, 6.45) is 10.7. The number of fused-ring (bicyclic) bond motifs is 3. The Kier molecular flexibility index (Phi) is 11.1. The van der Waals surface area contributed by atoms with Crippen molar-refractivity contribution in [2.75, 3.05) is 0 Å². The minimum Gasteiger partial charge on any atom is -0.305 e. The van der Waals surface area contributed by atoms with Crippen molar-refractivity contribution in [3.8, 4) is 33.6 Å². The molecule has 0 bridgehead atoms. The first-order valence-electron chi connectivity index (χ1n) is 16.7. The third-order valence-corrected chi connectivity index (χ3v) is 14.8. The monoisotopic (exact) mass is 883 g/mol. The molecule has 7 aromatic rings. The molecule has 5 heteroatoms. The summed E-state index contributed by atoms with van der Waals surface area (Å²) in [4.78, 5) is 9.29. The first kappa shape index (κ1) is 34.5. The molecule has 4 aromatic carbocycles. The molecule has 243 valence electrons. The SMILES string of the molecule is [CH3][Ge]([CH3])([CH3])[c]1ccc(-c2[c-]cccc2)nc1.[Ir].[c-]1ccc2c(sc3c(-c4ccccc4)cccc32)c1-c1cc(CC2CCCC2)ccn1. The van der Waals surface area contributed by atoms with E-state index in [-0.39, 0.29) is 20.1 Å². The number of hydrogen-bond acceptors (Lipinski definition) is 3. The molecular formula is C43H40GeIrN2S-2. The summed E-state index contributed by atoms with van der Waals surface area (Å²) in [5, 5.41) is 2.62. The van der Waals surface area contributed by atoms with Gasteiger partial charge in [-0.1, -0.05) is 91.2 Å². The summed E-state index contributed by atoms with van der Waals surface area (Å²) in [6.45, 7) is 0. The van der Waals surface area contributed by atoms with Gasteiger partial charge in [0.05, 0.1) is 0 Å². The van der Waals surface area contributed by atoms with Gasteiger partial charge >= 0.3 is 99.8 Å². The van der Waals surface area contributed by atoms with E-state index in [2.05, 4.69) is 119 Å². The Balaban J connectivity index is 0.000000201. The van der Waals surface area contributed by atoms with Gasteiger partial charge in [0.25, 0.3) is 0 Å². The van der Waals surface area contributed by atoms with E-state index in [0.717, 1.165) is 28.4 Å². The van der Waals surface area contributed by atoms with Crippen LogP contribution in [0.25, 0.3) is 53.8 Å². The summed E-state index contributed by atoms with van der Waals surface area (Å²) in [6, 6.07) is 45.1. The van der Waals surface area contributed by atoms with Gasteiger partial charge in [0.15, 0.2) is 0 Å². The minimum atomic E-state index is -1.72. The van der Waals surface area contributed by atoms with E-state index in [4.69, 9.17) is 4.98 Å². The van der Waals surface area contributed by atoms with Crippen LogP contribution < -0.4 is 4.40 Å². The Morgan fingerprint density at radius 2 is 1.52 bits per heavy atom. The van der Waals surface area contributed by atoms with E-state index in [9.17, 15) is 0 Å². The van der Waals surface area contributed by atoms with Crippen molar-refractivity contribution in [3.63, 3.8) is 0 Å². The van der Waals surface area contributed by atoms with E-state index < -0.39 is 13.3 Å². The normalized spacial score (nSPS) is 13.2. The molecule has 1 radical (unpaired) electrons. The van der Waals surface area contributed by atoms with Crippen LogP contribution in [0.3, 0.4) is 0 Å². The van der Waals surface area contributed by atoms with Gasteiger partial charge in [-0.3, -0.25) is 0 Å². The molecule has 0 atom stereocenters. The van der Waals surface area contributed by atoms with Crippen molar-refractivity contribution in [1.82, 2.24) is 9.97 Å². The van der Waals surface area contributed by atoms with Gasteiger partial charge < -0.3 is 4.98 Å². The zero-order valence-corrected chi connectivity index (χ0v) is 33.1. The molecule has 0 saturated heterocycles. The average Bonchev–Trinajstić information content (AvgIpc) is 3.77. The van der Waals surface area contributed by atoms with E-state index in [1.54, 1.807) is 0 Å². The van der Waals surface area contributed by atoms with Gasteiger partial charge in [0, 0.05) is 31.0 Å². The Labute approximate surface area is 305 Å². The standard InChI is InChI=1S/C29H24NS.C14H16GeN.Ir/c1-2-10-22(11-3-1)23-12-6-13-24-25-14-7-15-26(29(25)31-28(23)24)27-19-21(16-17-30-27)18-20-8-4-5-9-20;1-15(2,3)13-9-10-14(16-11-13)12-7-5-4-6-8-12;/h1-3,6-7,10-14,16-17,19-20H,4-5,8-9,18H2;4-7,9-11H,1-3H3;/q2*-1;. The first-order valence-corrected chi connectivity index (χ1v) is 24.9. The fourth-order valence-electron chi connectivity index (χ4n) is 6.63. The first-order chi connectivity index (χ1) is 22.9. The molecule has 1 saturated carbocycles. The number of pyridine rings is 2. The largest absolute Gasteiger partial charge is 0.305 e. The second kappa shape index (κ2) is 15.4. The Morgan fingerprint density at radius 3 is 2.25 bits per heavy atom. The fraction of sp³-hybridized carbons (Fsp3) is 0.209. The van der Waals surface area contributed by atoms with Crippen molar-refractivity contribution in [2.45, 2.75) is 49.4 Å². The van der Waals surface area contributed by atoms with Crippen LogP contribution in [-0.2, 0) is 26.5 Å². The van der Waals surface area contributed by atoms with Crippen LogP contribution in [-0.4, -0.2) is 23.2 Å². The van der Waals surface area contributed by atoms with Crippen LogP contribution in [0.15, 0.2) is 122 Å². The van der Waals surface area contributed by atoms with E-state index in [1.807, 2.05) is 48.0 Å². The van der Waals surface area contributed by atoms with Crippen molar-refractivity contribution in [1.29, 1.82) is 0 Å². The van der Waals surface area contributed by atoms with Gasteiger partial charge in [0.2, 0.25) is 0 Å². The van der Waals surface area contributed by atoms with Crippen molar-refractivity contribution in [3.05, 3.63) is 139 Å². The molecule has 1 aliphatic rings. The quantitative estimate of drug-likeness (QED) is 0.123. The van der Waals surface area contributed by atoms with Gasteiger partial charge in [-0.05, 0) is 45.3 Å². The molecule has 3 heterocycles. The molecule has 3 aromatic heterocycles. The minimum absolute atomic E-state index is 0. The van der Waals surface area contributed by atoms with E-state index in [0.29, 0.717) is 0 Å². The molecule has 2 nitrogen and oxygen atoms in total. The molecule has 48 heavy (non-hydrogen) atoms. The summed E-state index contributed by atoms with van der Waals surface area (Å²) in [5.41, 5.74) is 8.23. The Morgan fingerprint density at radius 1 is 0.729 bits per heavy atom. The molecule has 0 unspecified atom stereocenters. The molecule has 0 N–H and O–H groups in total. The van der Waals surface area contributed by atoms with E-state index >= 15 is 0 Å². The molecule has 0 aliphatic heterocycles. The predicted octanol–water partition coefficient (Wildman–Crippen LogP) is 11.4. The number of hydrogen-bond donors (Lipinski definition) is 0. The van der Waals surface area contributed by atoms with Crippen LogP contribution in [0.1, 0.15) is 31.2 Å². The molecule has 0 amide bonds. The molecule has 0 spiro atoms. The van der Waals surface area contributed by atoms with Gasteiger partial charge in [0.1, 0.15) is 0 Å². The van der Waals surface area contributed by atoms with Crippen LogP contribution >= 0.6 is 11.3 Å². The maximum atomic E-state index is 4.76. The Hall–Kier alpha value is -3.41. The summed E-state index contributed by atoms with van der Waals surface area (Å²) in [7, 11) is 0. The maximum Gasteiger partial charge on any atom is 0.0318 e. The van der Waals surface area contributed by atoms with Crippen LogP contribution in [0.5, 0.6) is 0 Å². The van der Waals surface area contributed by atoms with Crippen LogP contribution in [0.4, 0.5) is 0 Å². The summed E-state index contributed by atoms with van der Waals surface area (Å²) in [5.74, 6) is 7.98. The van der Waals surface area contributed by atoms with Crippen LogP contribution in [0.2, 0.25) is 17.3 Å². The maximum absolute atomic E-state index is 4.76. The zero-order chi connectivity index (χ0) is 32.2. The zero-order valence-electron chi connectivity index (χ0n) is 27.8. The molecule has 1 aliphatic carbocycles. The van der Waals surface area contributed by atoms with Crippen molar-refractivity contribution < 1.29 is 20.1 Å². The van der Waals surface area contributed by atoms with Gasteiger partial charge in [-0.2, -0.15) is 11.3 Å². The fourth-order valence-corrected chi connectivity index (χ4v) is 10.1. The van der Waals surface area contributed by atoms with Crippen LogP contribution in [0, 0.1) is 18.1 Å². The predicted molar refractivity (Wildman–Crippen MR) is 204 cm³/mol. The number of benzene rings is 4. The van der Waals surface area contributed by atoms with Gasteiger partial charge in [-0.15, -0.1) is 23.8 Å². The number of aromatic nitrogens is 2. The number of nitrogens with zero attached hydrogens (tertiary/aromatic N) is 2. The van der Waals surface area contributed by atoms with Crippen molar-refractivity contribution >= 4 is 49.2 Å². The third kappa shape index (κ3) is 7.74. The average molecular weight is 882 g/mol. The Bertz CT molecular complexity index is 2100. The second-order valence-corrected chi connectivity index (χ2v) is 25.3. The number of rotatable bonds is 6. The van der Waals surface area contributed by atoms with Crippen molar-refractivity contribution in [2.24, 2.45) is 5.92 Å². The van der Waals surface area contributed by atoms with E-state index in [1.165, 1.54) is 73.4 Å². The third-order valence-electron chi connectivity index (χ3n) is 9.24. The molecule has 8 rings (SSSR count). The number of thiophene rings is 1. The smallest absolute Gasteiger partial charge is 0.0318 e. The van der Waals surface area contributed by atoms with Gasteiger partial charge in [-0.25, -0.2) is 0 Å². The second-order valence-electron chi connectivity index (χ2n) is 13.6. The topological polar surface area (TPSA) is 25.8 Å². The molecular weight excluding hydrogens is 841 g/mol. The molecule has 1 fully saturated rings. The summed E-state index contributed by atoms with van der Waals surface area (Å²) < 4.78 is 4.07. The summed E-state index contributed by atoms with van der Waals surface area (Å²) >= 11 is 0.156.